The van der Waals surface area contributed by atoms with E-state index in [9.17, 15) is 9.59 Å². The third-order valence-electron chi connectivity index (χ3n) is 6.56. The van der Waals surface area contributed by atoms with E-state index in [0.29, 0.717) is 41.7 Å². The maximum Gasteiger partial charge on any atom is 0.266 e. The Kier molecular flexibility index (Phi) is 6.83. The highest BCUT2D eigenvalue weighted by atomic mass is 32.2. The Bertz CT molecular complexity index is 1320. The molecular weight excluding hydrogens is 476 g/mol. The molecule has 3 heterocycles. The smallest absolute Gasteiger partial charge is 0.266 e. The lowest BCUT2D eigenvalue weighted by molar-refractivity contribution is -0.123. The molecule has 2 aromatic carbocycles. The number of pyridine rings is 1. The number of para-hydroxylation sites is 1. The van der Waals surface area contributed by atoms with Crippen molar-refractivity contribution in [2.45, 2.75) is 19.3 Å². The topological polar surface area (TPSA) is 79.5 Å². The van der Waals surface area contributed by atoms with Gasteiger partial charge in [-0.15, -0.1) is 0 Å². The lowest BCUT2D eigenvalue weighted by atomic mass is 9.96. The van der Waals surface area contributed by atoms with Crippen molar-refractivity contribution in [2.75, 3.05) is 24.5 Å². The van der Waals surface area contributed by atoms with Crippen molar-refractivity contribution < 1.29 is 9.59 Å². The van der Waals surface area contributed by atoms with E-state index in [0.717, 1.165) is 28.7 Å². The first-order valence-corrected chi connectivity index (χ1v) is 13.0. The Morgan fingerprint density at radius 3 is 2.57 bits per heavy atom. The van der Waals surface area contributed by atoms with Gasteiger partial charge in [0.25, 0.3) is 5.91 Å². The number of rotatable bonds is 6. The molecule has 0 atom stereocenters. The number of piperidine rings is 1. The molecule has 8 heteroatoms. The normalized spacial score (nSPS) is 18.1. The fourth-order valence-corrected chi connectivity index (χ4v) is 5.88. The molecule has 1 aromatic heterocycles. The number of hydrogen-bond donors (Lipinski definition) is 1. The number of thiocarbonyl (C=S) groups is 1. The average Bonchev–Trinajstić information content (AvgIpc) is 3.14. The Hall–Kier alpha value is -3.23. The SMILES string of the molecule is NC(=O)C1CCN(c2nc3ccccc3cc2/C=C2\SC(=S)N(CCc3ccccc3)C2=O)CC1. The van der Waals surface area contributed by atoms with Crippen molar-refractivity contribution in [1.29, 1.82) is 0 Å². The second-order valence-electron chi connectivity index (χ2n) is 8.83. The molecule has 2 N–H and O–H groups in total. The van der Waals surface area contributed by atoms with Gasteiger partial charge in [-0.2, -0.15) is 0 Å². The van der Waals surface area contributed by atoms with E-state index in [1.54, 1.807) is 4.90 Å². The van der Waals surface area contributed by atoms with E-state index in [1.165, 1.54) is 17.3 Å². The molecule has 0 saturated carbocycles. The van der Waals surface area contributed by atoms with Crippen molar-refractivity contribution in [2.24, 2.45) is 11.7 Å². The highest BCUT2D eigenvalue weighted by Gasteiger charge is 2.32. The van der Waals surface area contributed by atoms with Crippen molar-refractivity contribution in [3.05, 3.63) is 76.7 Å². The van der Waals surface area contributed by atoms with Crippen molar-refractivity contribution >= 4 is 62.9 Å². The summed E-state index contributed by atoms with van der Waals surface area (Å²) in [7, 11) is 0. The fourth-order valence-electron chi connectivity index (χ4n) is 4.58. The number of benzene rings is 2. The number of hydrogen-bond acceptors (Lipinski definition) is 6. The zero-order valence-electron chi connectivity index (χ0n) is 19.2. The van der Waals surface area contributed by atoms with Crippen molar-refractivity contribution in [1.82, 2.24) is 9.88 Å². The largest absolute Gasteiger partial charge is 0.369 e. The van der Waals surface area contributed by atoms with Gasteiger partial charge in [-0.3, -0.25) is 14.5 Å². The molecule has 2 amide bonds. The van der Waals surface area contributed by atoms with Gasteiger partial charge in [0.15, 0.2) is 0 Å². The monoisotopic (exact) mass is 502 g/mol. The Balaban J connectivity index is 1.43. The maximum absolute atomic E-state index is 13.3. The second kappa shape index (κ2) is 10.2. The number of carbonyl (C=O) groups is 2. The summed E-state index contributed by atoms with van der Waals surface area (Å²) in [4.78, 5) is 34.3. The first-order valence-electron chi connectivity index (χ1n) is 11.7. The third-order valence-corrected chi connectivity index (χ3v) is 7.93. The molecule has 3 aromatic rings. The number of nitrogens with two attached hydrogens (primary N) is 1. The van der Waals surface area contributed by atoms with Gasteiger partial charge in [0.2, 0.25) is 5.91 Å². The van der Waals surface area contributed by atoms with E-state index < -0.39 is 0 Å². The van der Waals surface area contributed by atoms with Crippen LogP contribution < -0.4 is 10.6 Å². The van der Waals surface area contributed by atoms with Gasteiger partial charge in [-0.25, -0.2) is 4.98 Å². The molecule has 0 aliphatic carbocycles. The van der Waals surface area contributed by atoms with Gasteiger partial charge in [0.1, 0.15) is 10.1 Å². The summed E-state index contributed by atoms with van der Waals surface area (Å²) in [6, 6.07) is 20.1. The first-order chi connectivity index (χ1) is 17.0. The minimum atomic E-state index is -0.240. The lowest BCUT2D eigenvalue weighted by Crippen LogP contribution is -2.39. The van der Waals surface area contributed by atoms with Crippen LogP contribution in [0.2, 0.25) is 0 Å². The Labute approximate surface area is 214 Å². The molecular formula is C27H26N4O2S2. The quantitative estimate of drug-likeness (QED) is 0.398. The van der Waals surface area contributed by atoms with Gasteiger partial charge < -0.3 is 10.6 Å². The molecule has 2 aliphatic rings. The summed E-state index contributed by atoms with van der Waals surface area (Å²) >= 11 is 6.89. The molecule has 0 spiro atoms. The van der Waals surface area contributed by atoms with E-state index >= 15 is 0 Å². The van der Waals surface area contributed by atoms with Crippen LogP contribution in [0, 0.1) is 5.92 Å². The van der Waals surface area contributed by atoms with Gasteiger partial charge in [0, 0.05) is 36.5 Å². The van der Waals surface area contributed by atoms with E-state index in [4.69, 9.17) is 22.9 Å². The molecule has 0 radical (unpaired) electrons. The predicted molar refractivity (Wildman–Crippen MR) is 146 cm³/mol. The van der Waals surface area contributed by atoms with Crippen LogP contribution in [-0.2, 0) is 16.0 Å². The zero-order chi connectivity index (χ0) is 24.4. The first kappa shape index (κ1) is 23.5. The molecule has 0 unspecified atom stereocenters. The van der Waals surface area contributed by atoms with Crippen LogP contribution in [0.1, 0.15) is 24.0 Å². The highest BCUT2D eigenvalue weighted by Crippen LogP contribution is 2.36. The maximum atomic E-state index is 13.3. The average molecular weight is 503 g/mol. The summed E-state index contributed by atoms with van der Waals surface area (Å²) in [6.45, 7) is 1.94. The highest BCUT2D eigenvalue weighted by molar-refractivity contribution is 8.26. The number of aromatic nitrogens is 1. The van der Waals surface area contributed by atoms with E-state index in [-0.39, 0.29) is 17.7 Å². The van der Waals surface area contributed by atoms with Gasteiger partial charge in [-0.05, 0) is 43.0 Å². The summed E-state index contributed by atoms with van der Waals surface area (Å²) in [5.74, 6) is 0.412. The fraction of sp³-hybridized carbons (Fsp3) is 0.259. The Morgan fingerprint density at radius 1 is 1.11 bits per heavy atom. The standard InChI is InChI=1S/C27H26N4O2S2/c28-24(32)19-11-13-30(14-12-19)25-21(16-20-8-4-5-9-22(20)29-25)17-23-26(33)31(27(34)35-23)15-10-18-6-2-1-3-7-18/h1-9,16-17,19H,10-15H2,(H2,28,32)/b23-17-. The molecule has 5 rings (SSSR count). The minimum absolute atomic E-state index is 0.0672. The van der Waals surface area contributed by atoms with Crippen LogP contribution in [0.3, 0.4) is 0 Å². The summed E-state index contributed by atoms with van der Waals surface area (Å²) < 4.78 is 0.578. The molecule has 178 valence electrons. The molecule has 2 fully saturated rings. The molecule has 6 nitrogen and oxygen atoms in total. The van der Waals surface area contributed by atoms with Crippen LogP contribution in [0.25, 0.3) is 17.0 Å². The predicted octanol–water partition coefficient (Wildman–Crippen LogP) is 4.38. The lowest BCUT2D eigenvalue weighted by Gasteiger charge is -2.32. The summed E-state index contributed by atoms with van der Waals surface area (Å²) in [5, 5.41) is 1.01. The summed E-state index contributed by atoms with van der Waals surface area (Å²) in [6.07, 6.45) is 4.06. The van der Waals surface area contributed by atoms with Crippen LogP contribution in [0.5, 0.6) is 0 Å². The van der Waals surface area contributed by atoms with Crippen LogP contribution in [-0.4, -0.2) is 45.7 Å². The van der Waals surface area contributed by atoms with Gasteiger partial charge in [0.05, 0.1) is 10.4 Å². The molecule has 2 saturated heterocycles. The number of fused-ring (bicyclic) bond motifs is 1. The molecule has 0 bridgehead atoms. The van der Waals surface area contributed by atoms with Crippen LogP contribution >= 0.6 is 24.0 Å². The number of nitrogens with zero attached hydrogens (tertiary/aromatic N) is 3. The molecule has 2 aliphatic heterocycles. The minimum Gasteiger partial charge on any atom is -0.369 e. The van der Waals surface area contributed by atoms with Crippen molar-refractivity contribution in [3.63, 3.8) is 0 Å². The number of anilines is 1. The van der Waals surface area contributed by atoms with Crippen LogP contribution in [0.15, 0.2) is 65.6 Å². The molecule has 35 heavy (non-hydrogen) atoms. The van der Waals surface area contributed by atoms with Crippen molar-refractivity contribution in [3.8, 4) is 0 Å². The number of amides is 2. The third kappa shape index (κ3) is 5.09. The van der Waals surface area contributed by atoms with Gasteiger partial charge >= 0.3 is 0 Å². The van der Waals surface area contributed by atoms with E-state index in [2.05, 4.69) is 23.1 Å². The second-order valence-corrected chi connectivity index (χ2v) is 10.5. The number of thioether (sulfide) groups is 1. The zero-order valence-corrected chi connectivity index (χ0v) is 20.9. The van der Waals surface area contributed by atoms with E-state index in [1.807, 2.05) is 48.5 Å². The number of primary amides is 1. The number of carbonyl (C=O) groups excluding carboxylic acids is 2. The summed E-state index contributed by atoms with van der Waals surface area (Å²) in [5.41, 5.74) is 8.47. The van der Waals surface area contributed by atoms with Gasteiger partial charge in [-0.1, -0.05) is 72.5 Å². The Morgan fingerprint density at radius 2 is 1.83 bits per heavy atom. The van der Waals surface area contributed by atoms with Crippen LogP contribution in [0.4, 0.5) is 5.82 Å².